The van der Waals surface area contributed by atoms with Gasteiger partial charge in [0.15, 0.2) is 0 Å². The van der Waals surface area contributed by atoms with Crippen LogP contribution in [0, 0.1) is 17.0 Å². The summed E-state index contributed by atoms with van der Waals surface area (Å²) in [5.74, 6) is -1.62. The average molecular weight is 468 g/mol. The molecule has 3 N–H and O–H groups in total. The van der Waals surface area contributed by atoms with Crippen LogP contribution in [0.5, 0.6) is 0 Å². The van der Waals surface area contributed by atoms with E-state index in [2.05, 4.69) is 15.9 Å². The molecule has 2 atom stereocenters. The highest BCUT2D eigenvalue weighted by atomic mass is 79.9. The number of aldehydes is 1. The predicted octanol–water partition coefficient (Wildman–Crippen LogP) is 4.57. The molecule has 0 radical (unpaired) electrons. The molecule has 0 bridgehead atoms. The van der Waals surface area contributed by atoms with Crippen LogP contribution < -0.4 is 5.73 Å². The van der Waals surface area contributed by atoms with E-state index in [1.165, 1.54) is 18.7 Å². The first kappa shape index (κ1) is 21.5. The van der Waals surface area contributed by atoms with E-state index in [1.807, 2.05) is 0 Å². The smallest absolute Gasteiger partial charge is 0.137 e. The Kier molecular flexibility index (Phi) is 5.87. The largest absolute Gasteiger partial charge is 0.398 e. The molecule has 29 heavy (non-hydrogen) atoms. The van der Waals surface area contributed by atoms with Gasteiger partial charge in [-0.1, -0.05) is 22.0 Å². The first-order valence-electron chi connectivity index (χ1n) is 9.03. The summed E-state index contributed by atoms with van der Waals surface area (Å²) >= 11 is 3.07. The number of nitrogens with one attached hydrogen (secondary N) is 1. The van der Waals surface area contributed by atoms with E-state index in [4.69, 9.17) is 11.1 Å². The highest BCUT2D eigenvalue weighted by molar-refractivity contribution is 9.10. The van der Waals surface area contributed by atoms with Crippen molar-refractivity contribution in [1.29, 1.82) is 5.41 Å². The summed E-state index contributed by atoms with van der Waals surface area (Å²) < 4.78 is 44.7. The Morgan fingerprint density at radius 2 is 1.93 bits per heavy atom. The Hall–Kier alpha value is -2.19. The van der Waals surface area contributed by atoms with E-state index in [9.17, 15) is 18.0 Å². The molecule has 0 spiro atoms. The third-order valence-corrected chi connectivity index (χ3v) is 5.53. The summed E-state index contributed by atoms with van der Waals surface area (Å²) in [7, 11) is 0. The van der Waals surface area contributed by atoms with Gasteiger partial charge in [0.2, 0.25) is 0 Å². The van der Waals surface area contributed by atoms with E-state index < -0.39 is 29.4 Å². The topological polar surface area (TPSA) is 70.2 Å². The van der Waals surface area contributed by atoms with Crippen LogP contribution >= 0.6 is 15.9 Å². The summed E-state index contributed by atoms with van der Waals surface area (Å²) in [5, 5.41) is 7.70. The van der Waals surface area contributed by atoms with Gasteiger partial charge in [-0.05, 0) is 49.6 Å². The van der Waals surface area contributed by atoms with Crippen molar-refractivity contribution in [2.45, 2.75) is 38.0 Å². The van der Waals surface area contributed by atoms with Gasteiger partial charge in [-0.15, -0.1) is 0 Å². The second kappa shape index (κ2) is 7.91. The van der Waals surface area contributed by atoms with Crippen molar-refractivity contribution >= 4 is 34.1 Å². The van der Waals surface area contributed by atoms with Crippen molar-refractivity contribution in [2.75, 3.05) is 12.3 Å². The molecule has 0 amide bonds. The number of benzene rings is 2. The normalized spacial score (nSPS) is 19.7. The molecule has 0 saturated carbocycles. The maximum Gasteiger partial charge on any atom is 0.137 e. The van der Waals surface area contributed by atoms with Gasteiger partial charge >= 0.3 is 0 Å². The third kappa shape index (κ3) is 4.09. The summed E-state index contributed by atoms with van der Waals surface area (Å²) in [5.41, 5.74) is 5.79. The molecule has 0 unspecified atom stereocenters. The fourth-order valence-corrected chi connectivity index (χ4v) is 4.36. The van der Waals surface area contributed by atoms with Gasteiger partial charge in [-0.3, -0.25) is 4.90 Å². The van der Waals surface area contributed by atoms with Gasteiger partial charge in [-0.25, -0.2) is 13.2 Å². The van der Waals surface area contributed by atoms with Crippen molar-refractivity contribution in [1.82, 2.24) is 4.90 Å². The lowest BCUT2D eigenvalue weighted by Gasteiger charge is -2.43. The third-order valence-electron chi connectivity index (χ3n) is 5.07. The number of nitrogens with two attached hydrogens (primary N) is 1. The van der Waals surface area contributed by atoms with Crippen LogP contribution in [0.1, 0.15) is 42.1 Å². The van der Waals surface area contributed by atoms with Gasteiger partial charge in [0, 0.05) is 34.0 Å². The number of carbonyl (C=O) groups excluding carboxylic acids is 1. The number of halogens is 4. The van der Waals surface area contributed by atoms with Crippen molar-refractivity contribution in [2.24, 2.45) is 0 Å². The molecule has 1 aliphatic rings. The van der Waals surface area contributed by atoms with Crippen LogP contribution in [0.2, 0.25) is 0 Å². The monoisotopic (exact) mass is 467 g/mol. The maximum absolute atomic E-state index is 14.9. The number of nitrogen functional groups attached to an aromatic ring is 1. The number of fused-ring (bicyclic) bond motifs is 1. The molecule has 0 aromatic heterocycles. The first-order valence-corrected chi connectivity index (χ1v) is 9.82. The summed E-state index contributed by atoms with van der Waals surface area (Å²) in [4.78, 5) is 13.4. The Bertz CT molecular complexity index is 951. The number of carbonyl (C=O) groups is 1. The Balaban J connectivity index is 2.33. The fraction of sp³-hybridized carbons (Fsp3) is 0.333. The molecule has 3 rings (SSSR count). The number of anilines is 1. The van der Waals surface area contributed by atoms with Crippen LogP contribution in [0.15, 0.2) is 28.7 Å². The lowest BCUT2D eigenvalue weighted by atomic mass is 9.81. The minimum absolute atomic E-state index is 0.168. The van der Waals surface area contributed by atoms with Crippen LogP contribution in [-0.2, 0) is 11.2 Å². The standard InChI is InChI=1S/C21H21BrF3N3O/c1-21(2,25)10-28-12(9-29)7-14-13(3-4-18(27)15(14)8-26)20(28)19-16(23)5-11(22)6-17(19)24/h3-6,8-9,12,20,26H,7,10,27H2,1-2H3/t12-,20-/m0/s1. The summed E-state index contributed by atoms with van der Waals surface area (Å²) in [6.45, 7) is 2.49. The molecule has 0 aliphatic carbocycles. The molecule has 2 aromatic rings. The molecule has 2 aromatic carbocycles. The number of alkyl halides is 1. The molecule has 0 fully saturated rings. The lowest BCUT2D eigenvalue weighted by Crippen LogP contribution is -2.50. The van der Waals surface area contributed by atoms with E-state index in [-0.39, 0.29) is 23.0 Å². The predicted molar refractivity (Wildman–Crippen MR) is 110 cm³/mol. The average Bonchev–Trinajstić information content (AvgIpc) is 2.60. The van der Waals surface area contributed by atoms with Gasteiger partial charge in [0.05, 0.1) is 12.1 Å². The van der Waals surface area contributed by atoms with E-state index in [0.717, 1.165) is 18.3 Å². The molecule has 8 heteroatoms. The van der Waals surface area contributed by atoms with Crippen molar-refractivity contribution in [3.05, 3.63) is 62.6 Å². The number of rotatable bonds is 5. The second-order valence-corrected chi connectivity index (χ2v) is 8.68. The Labute approximate surface area is 175 Å². The highest BCUT2D eigenvalue weighted by Crippen LogP contribution is 2.43. The number of hydrogen-bond acceptors (Lipinski definition) is 4. The minimum atomic E-state index is -1.71. The van der Waals surface area contributed by atoms with Gasteiger partial charge in [0.1, 0.15) is 23.6 Å². The molecule has 154 valence electrons. The lowest BCUT2D eigenvalue weighted by molar-refractivity contribution is -0.114. The Morgan fingerprint density at radius 1 is 1.31 bits per heavy atom. The second-order valence-electron chi connectivity index (χ2n) is 7.76. The van der Waals surface area contributed by atoms with Crippen molar-refractivity contribution < 1.29 is 18.0 Å². The van der Waals surface area contributed by atoms with Crippen LogP contribution in [-0.4, -0.2) is 35.7 Å². The van der Waals surface area contributed by atoms with E-state index >= 15 is 0 Å². The van der Waals surface area contributed by atoms with E-state index in [0.29, 0.717) is 28.7 Å². The van der Waals surface area contributed by atoms with Crippen LogP contribution in [0.25, 0.3) is 0 Å². The minimum Gasteiger partial charge on any atom is -0.398 e. The molecular formula is C21H21BrF3N3O. The molecule has 1 aliphatic heterocycles. The summed E-state index contributed by atoms with van der Waals surface area (Å²) in [6, 6.07) is 3.58. The maximum atomic E-state index is 14.9. The zero-order chi connectivity index (χ0) is 21.5. The van der Waals surface area contributed by atoms with Gasteiger partial charge in [-0.2, -0.15) is 0 Å². The van der Waals surface area contributed by atoms with Crippen LogP contribution in [0.4, 0.5) is 18.9 Å². The highest BCUT2D eigenvalue weighted by Gasteiger charge is 2.41. The first-order chi connectivity index (χ1) is 13.6. The van der Waals surface area contributed by atoms with Gasteiger partial charge < -0.3 is 15.9 Å². The van der Waals surface area contributed by atoms with Crippen molar-refractivity contribution in [3.8, 4) is 0 Å². The SMILES string of the molecule is CC(C)(F)CN1[C@H](c2c(F)cc(Br)cc2F)c2ccc(N)c(C=N)c2C[C@H]1C=O. The van der Waals surface area contributed by atoms with Gasteiger partial charge in [0.25, 0.3) is 0 Å². The van der Waals surface area contributed by atoms with Crippen molar-refractivity contribution in [3.63, 3.8) is 0 Å². The molecular weight excluding hydrogens is 447 g/mol. The quantitative estimate of drug-likeness (QED) is 0.384. The van der Waals surface area contributed by atoms with E-state index in [1.54, 1.807) is 12.1 Å². The number of hydrogen-bond donors (Lipinski definition) is 2. The zero-order valence-corrected chi connectivity index (χ0v) is 17.6. The summed E-state index contributed by atoms with van der Waals surface area (Å²) in [6.07, 6.45) is 1.88. The fourth-order valence-electron chi connectivity index (χ4n) is 3.96. The molecule has 0 saturated heterocycles. The zero-order valence-electron chi connectivity index (χ0n) is 16.0. The Morgan fingerprint density at radius 3 is 2.45 bits per heavy atom. The number of nitrogens with zero attached hydrogens (tertiary/aromatic N) is 1. The molecule has 1 heterocycles. The molecule has 4 nitrogen and oxygen atoms in total. The van der Waals surface area contributed by atoms with Crippen LogP contribution in [0.3, 0.4) is 0 Å².